The maximum atomic E-state index is 14.8. The number of amides is 1. The molecule has 5 rings (SSSR count). The molecule has 0 saturated heterocycles. The van der Waals surface area contributed by atoms with Crippen molar-refractivity contribution in [1.82, 2.24) is 24.7 Å². The summed E-state index contributed by atoms with van der Waals surface area (Å²) in [7, 11) is 1.63. The number of aromatic nitrogens is 5. The zero-order chi connectivity index (χ0) is 27.6. The summed E-state index contributed by atoms with van der Waals surface area (Å²) in [5, 5.41) is 5.88. The van der Waals surface area contributed by atoms with Gasteiger partial charge in [-0.15, -0.1) is 0 Å². The van der Waals surface area contributed by atoms with Gasteiger partial charge in [0.25, 0.3) is 0 Å². The third-order valence-corrected chi connectivity index (χ3v) is 6.56. The largest absolute Gasteiger partial charge is 0.401 e. The molecule has 13 heteroatoms. The zero-order valence-electron chi connectivity index (χ0n) is 20.8. The van der Waals surface area contributed by atoms with Crippen molar-refractivity contribution in [3.8, 4) is 11.1 Å². The van der Waals surface area contributed by atoms with Gasteiger partial charge in [0.1, 0.15) is 17.1 Å². The molecule has 0 aliphatic heterocycles. The second-order valence-electron chi connectivity index (χ2n) is 9.35. The lowest BCUT2D eigenvalue weighted by Crippen LogP contribution is -2.28. The van der Waals surface area contributed by atoms with Crippen LogP contribution < -0.4 is 5.32 Å². The average molecular weight is 545 g/mol. The van der Waals surface area contributed by atoms with Gasteiger partial charge in [-0.1, -0.05) is 17.3 Å². The Balaban J connectivity index is 1.18. The minimum absolute atomic E-state index is 0.0922. The first-order valence-electron chi connectivity index (χ1n) is 12.1. The van der Waals surface area contributed by atoms with Crippen LogP contribution in [0.15, 0.2) is 53.7 Å². The minimum atomic E-state index is -4.46. The second-order valence-corrected chi connectivity index (χ2v) is 9.35. The number of methoxy groups -OCH3 is 1. The topological polar surface area (TPSA) is 108 Å². The Morgan fingerprint density at radius 3 is 2.59 bits per heavy atom. The van der Waals surface area contributed by atoms with Gasteiger partial charge < -0.3 is 19.1 Å². The smallest absolute Gasteiger partial charge is 0.383 e. The Bertz CT molecular complexity index is 1460. The summed E-state index contributed by atoms with van der Waals surface area (Å²) < 4.78 is 66.4. The molecule has 0 radical (unpaired) electrons. The fourth-order valence-corrected chi connectivity index (χ4v) is 4.16. The van der Waals surface area contributed by atoms with Gasteiger partial charge in [-0.05, 0) is 30.0 Å². The molecule has 0 bridgehead atoms. The van der Waals surface area contributed by atoms with Gasteiger partial charge >= 0.3 is 6.18 Å². The van der Waals surface area contributed by atoms with Crippen molar-refractivity contribution in [2.45, 2.75) is 43.8 Å². The Morgan fingerprint density at radius 1 is 1.15 bits per heavy atom. The summed E-state index contributed by atoms with van der Waals surface area (Å²) in [6.45, 7) is 1.27. The molecule has 1 saturated carbocycles. The molecule has 204 valence electrons. The average Bonchev–Trinajstić information content (AvgIpc) is 3.41. The molecule has 39 heavy (non-hydrogen) atoms. The Morgan fingerprint density at radius 2 is 1.92 bits per heavy atom. The van der Waals surface area contributed by atoms with Crippen LogP contribution in [0.25, 0.3) is 11.1 Å². The molecular weight excluding hydrogens is 520 g/mol. The number of alkyl halides is 3. The standard InChI is InChI=1S/C26H24F4N6O3/c1-38-7-6-36-14-19(33-15-36)10-22-31-12-18(13-32-22)16-2-3-17(20(27)8-16)9-24(37)34-23-11-21(39-35-23)25(4-5-25)26(28,29)30/h2-3,8,11-15H,4-7,9-10H2,1H3,(H,34,35,37). The number of hydrogen-bond donors (Lipinski definition) is 1. The van der Waals surface area contributed by atoms with Crippen molar-refractivity contribution < 1.29 is 31.6 Å². The fraction of sp³-hybridized carbons (Fsp3) is 0.346. The van der Waals surface area contributed by atoms with Crippen molar-refractivity contribution in [3.05, 3.63) is 77.8 Å². The van der Waals surface area contributed by atoms with Gasteiger partial charge in [-0.25, -0.2) is 19.3 Å². The third-order valence-electron chi connectivity index (χ3n) is 6.56. The summed E-state index contributed by atoms with van der Waals surface area (Å²) in [5.41, 5.74) is -0.0136. The number of anilines is 1. The molecule has 3 aromatic heterocycles. The van der Waals surface area contributed by atoms with Crippen LogP contribution in [0.3, 0.4) is 0 Å². The lowest BCUT2D eigenvalue weighted by Gasteiger charge is -2.14. The highest BCUT2D eigenvalue weighted by Crippen LogP contribution is 2.59. The first-order valence-corrected chi connectivity index (χ1v) is 12.1. The first kappa shape index (κ1) is 26.5. The van der Waals surface area contributed by atoms with Crippen molar-refractivity contribution in [2.24, 2.45) is 0 Å². The van der Waals surface area contributed by atoms with Crippen molar-refractivity contribution in [1.29, 1.82) is 0 Å². The molecule has 1 aliphatic rings. The molecule has 1 fully saturated rings. The lowest BCUT2D eigenvalue weighted by molar-refractivity contribution is -0.165. The molecule has 9 nitrogen and oxygen atoms in total. The van der Waals surface area contributed by atoms with E-state index in [1.54, 1.807) is 31.9 Å². The number of carbonyl (C=O) groups excluding carboxylic acids is 1. The van der Waals surface area contributed by atoms with Gasteiger partial charge in [0.05, 0.1) is 31.5 Å². The van der Waals surface area contributed by atoms with Crippen LogP contribution in [0.5, 0.6) is 0 Å². The molecule has 0 unspecified atom stereocenters. The van der Waals surface area contributed by atoms with Crippen LogP contribution in [0, 0.1) is 5.82 Å². The van der Waals surface area contributed by atoms with Crippen LogP contribution in [-0.4, -0.2) is 50.5 Å². The molecule has 0 atom stereocenters. The van der Waals surface area contributed by atoms with E-state index in [9.17, 15) is 22.4 Å². The van der Waals surface area contributed by atoms with Crippen molar-refractivity contribution in [3.63, 3.8) is 0 Å². The van der Waals surface area contributed by atoms with Crippen molar-refractivity contribution in [2.75, 3.05) is 19.0 Å². The van der Waals surface area contributed by atoms with E-state index >= 15 is 0 Å². The summed E-state index contributed by atoms with van der Waals surface area (Å²) in [6.07, 6.45) is 2.23. The predicted molar refractivity (Wildman–Crippen MR) is 130 cm³/mol. The molecule has 1 amide bonds. The maximum absolute atomic E-state index is 14.8. The van der Waals surface area contributed by atoms with Crippen LogP contribution in [-0.2, 0) is 34.3 Å². The van der Waals surface area contributed by atoms with E-state index in [-0.39, 0.29) is 36.4 Å². The monoisotopic (exact) mass is 544 g/mol. The molecular formula is C26H24F4N6O3. The summed E-state index contributed by atoms with van der Waals surface area (Å²) >= 11 is 0. The number of nitrogens with one attached hydrogen (secondary N) is 1. The first-order chi connectivity index (χ1) is 18.7. The number of imidazole rings is 1. The second kappa shape index (κ2) is 10.6. The highest BCUT2D eigenvalue weighted by atomic mass is 19.4. The van der Waals surface area contributed by atoms with E-state index in [2.05, 4.69) is 25.4 Å². The number of hydrogen-bond acceptors (Lipinski definition) is 7. The van der Waals surface area contributed by atoms with Crippen LogP contribution >= 0.6 is 0 Å². The number of halogens is 4. The number of carbonyl (C=O) groups is 1. The quantitative estimate of drug-likeness (QED) is 0.293. The van der Waals surface area contributed by atoms with E-state index in [1.165, 1.54) is 12.1 Å². The molecule has 0 spiro atoms. The zero-order valence-corrected chi connectivity index (χ0v) is 20.8. The van der Waals surface area contributed by atoms with Crippen LogP contribution in [0.1, 0.15) is 35.7 Å². The van der Waals surface area contributed by atoms with Crippen molar-refractivity contribution >= 4 is 11.7 Å². The molecule has 1 N–H and O–H groups in total. The van der Waals surface area contributed by atoms with Gasteiger partial charge in [0.15, 0.2) is 11.6 Å². The minimum Gasteiger partial charge on any atom is -0.383 e. The van der Waals surface area contributed by atoms with E-state index < -0.39 is 23.3 Å². The highest BCUT2D eigenvalue weighted by molar-refractivity contribution is 5.91. The summed E-state index contributed by atoms with van der Waals surface area (Å²) in [6, 6.07) is 5.43. The number of rotatable bonds is 10. The maximum Gasteiger partial charge on any atom is 0.401 e. The number of benzene rings is 1. The van der Waals surface area contributed by atoms with Crippen LogP contribution in [0.2, 0.25) is 0 Å². The predicted octanol–water partition coefficient (Wildman–Crippen LogP) is 4.48. The van der Waals surface area contributed by atoms with E-state index in [1.807, 2.05) is 10.8 Å². The van der Waals surface area contributed by atoms with Crippen LogP contribution in [0.4, 0.5) is 23.4 Å². The van der Waals surface area contributed by atoms with Gasteiger partial charge in [0, 0.05) is 43.9 Å². The fourth-order valence-electron chi connectivity index (χ4n) is 4.16. The highest BCUT2D eigenvalue weighted by Gasteiger charge is 2.66. The van der Waals surface area contributed by atoms with E-state index in [0.717, 1.165) is 11.8 Å². The molecule has 4 aromatic rings. The summed E-state index contributed by atoms with van der Waals surface area (Å²) in [5.74, 6) is -1.20. The molecule has 3 heterocycles. The number of nitrogens with zero attached hydrogens (tertiary/aromatic N) is 5. The third kappa shape index (κ3) is 5.82. The van der Waals surface area contributed by atoms with Gasteiger partial charge in [-0.3, -0.25) is 4.79 Å². The van der Waals surface area contributed by atoms with Gasteiger partial charge in [-0.2, -0.15) is 13.2 Å². The SMILES string of the molecule is COCCn1cnc(Cc2ncc(-c3ccc(CC(=O)Nc4cc(C5(C(F)(F)F)CC5)on4)c(F)c3)cn2)c1. The Hall–Kier alpha value is -4.13. The molecule has 1 aromatic carbocycles. The normalized spacial score (nSPS) is 14.4. The van der Waals surface area contributed by atoms with E-state index in [0.29, 0.717) is 36.5 Å². The summed E-state index contributed by atoms with van der Waals surface area (Å²) in [4.78, 5) is 25.4. The number of ether oxygens (including phenoxy) is 1. The van der Waals surface area contributed by atoms with E-state index in [4.69, 9.17) is 9.26 Å². The Labute approximate surface area is 220 Å². The lowest BCUT2D eigenvalue weighted by atomic mass is 10.0. The molecule has 1 aliphatic carbocycles. The van der Waals surface area contributed by atoms with Gasteiger partial charge in [0.2, 0.25) is 5.91 Å². The Kier molecular flexibility index (Phi) is 7.17.